The summed E-state index contributed by atoms with van der Waals surface area (Å²) in [5, 5.41) is 13.2. The number of anilines is 2. The predicted octanol–water partition coefficient (Wildman–Crippen LogP) is 1.18. The van der Waals surface area contributed by atoms with E-state index in [1.807, 2.05) is 13.8 Å². The van der Waals surface area contributed by atoms with E-state index in [1.54, 1.807) is 25.4 Å². The number of rotatable bonds is 3. The number of pyridine rings is 1. The largest absolute Gasteiger partial charge is 0.373 e. The van der Waals surface area contributed by atoms with E-state index in [0.717, 1.165) is 11.4 Å². The van der Waals surface area contributed by atoms with Crippen LogP contribution in [-0.4, -0.2) is 33.1 Å². The van der Waals surface area contributed by atoms with Crippen molar-refractivity contribution in [2.45, 2.75) is 13.8 Å². The van der Waals surface area contributed by atoms with Crippen molar-refractivity contribution in [1.29, 1.82) is 0 Å². The normalized spacial score (nSPS) is 10.1. The van der Waals surface area contributed by atoms with Gasteiger partial charge >= 0.3 is 0 Å². The van der Waals surface area contributed by atoms with Gasteiger partial charge in [-0.1, -0.05) is 0 Å². The van der Waals surface area contributed by atoms with Gasteiger partial charge in [-0.25, -0.2) is 9.97 Å². The molecule has 98 valence electrons. The molecule has 0 aliphatic rings. The molecule has 2 rings (SSSR count). The highest BCUT2D eigenvalue weighted by atomic mass is 16.1. The lowest BCUT2D eigenvalue weighted by molar-refractivity contribution is 0.102. The lowest BCUT2D eigenvalue weighted by Gasteiger charge is -2.05. The number of nitrogens with zero attached hydrogens (tertiary/aromatic N) is 4. The van der Waals surface area contributed by atoms with E-state index < -0.39 is 0 Å². The zero-order chi connectivity index (χ0) is 13.8. The number of aryl methyl sites for hydroxylation is 2. The Hall–Kier alpha value is -2.57. The van der Waals surface area contributed by atoms with Crippen molar-refractivity contribution in [3.05, 3.63) is 35.3 Å². The van der Waals surface area contributed by atoms with E-state index in [-0.39, 0.29) is 11.9 Å². The average molecular weight is 258 g/mol. The minimum absolute atomic E-state index is 0.191. The third kappa shape index (κ3) is 3.01. The molecule has 1 amide bonds. The van der Waals surface area contributed by atoms with E-state index >= 15 is 0 Å². The van der Waals surface area contributed by atoms with Crippen molar-refractivity contribution in [3.63, 3.8) is 0 Å². The molecular weight excluding hydrogens is 244 g/mol. The number of nitrogens with one attached hydrogen (secondary N) is 2. The quantitative estimate of drug-likeness (QED) is 0.858. The third-order valence-corrected chi connectivity index (χ3v) is 2.60. The Labute approximate surface area is 110 Å². The maximum Gasteiger partial charge on any atom is 0.258 e. The highest BCUT2D eigenvalue weighted by Crippen LogP contribution is 2.08. The molecule has 2 aromatic rings. The zero-order valence-electron chi connectivity index (χ0n) is 10.9. The third-order valence-electron chi connectivity index (χ3n) is 2.60. The van der Waals surface area contributed by atoms with E-state index in [0.29, 0.717) is 11.4 Å². The molecule has 2 heterocycles. The van der Waals surface area contributed by atoms with E-state index in [4.69, 9.17) is 0 Å². The number of carbonyl (C=O) groups is 1. The molecule has 0 atom stereocenters. The molecule has 0 spiro atoms. The molecule has 0 aliphatic heterocycles. The summed E-state index contributed by atoms with van der Waals surface area (Å²) in [6, 6.07) is 3.26. The van der Waals surface area contributed by atoms with E-state index in [2.05, 4.69) is 30.8 Å². The summed E-state index contributed by atoms with van der Waals surface area (Å²) in [6.07, 6.45) is 1.56. The van der Waals surface area contributed by atoms with Crippen molar-refractivity contribution in [3.8, 4) is 0 Å². The van der Waals surface area contributed by atoms with Crippen LogP contribution in [0.3, 0.4) is 0 Å². The van der Waals surface area contributed by atoms with Gasteiger partial charge in [0.15, 0.2) is 0 Å². The first-order valence-corrected chi connectivity index (χ1v) is 5.73. The van der Waals surface area contributed by atoms with Crippen LogP contribution in [0, 0.1) is 13.8 Å². The number of hydrogen-bond donors (Lipinski definition) is 2. The summed E-state index contributed by atoms with van der Waals surface area (Å²) in [5.74, 6) is 0.506. The van der Waals surface area contributed by atoms with Crippen LogP contribution in [0.2, 0.25) is 0 Å². The molecule has 0 bridgehead atoms. The van der Waals surface area contributed by atoms with Crippen molar-refractivity contribution in [1.82, 2.24) is 20.2 Å². The van der Waals surface area contributed by atoms with Crippen molar-refractivity contribution < 1.29 is 4.79 Å². The molecule has 0 saturated carbocycles. The van der Waals surface area contributed by atoms with Gasteiger partial charge in [-0.2, -0.15) is 5.10 Å². The Morgan fingerprint density at radius 2 is 2.00 bits per heavy atom. The molecule has 7 heteroatoms. The lowest BCUT2D eigenvalue weighted by atomic mass is 10.2. The van der Waals surface area contributed by atoms with Gasteiger partial charge in [0.05, 0.1) is 11.4 Å². The molecule has 0 aliphatic carbocycles. The van der Waals surface area contributed by atoms with Crippen LogP contribution in [0.5, 0.6) is 0 Å². The molecule has 0 unspecified atom stereocenters. The van der Waals surface area contributed by atoms with Crippen LogP contribution in [-0.2, 0) is 0 Å². The van der Waals surface area contributed by atoms with Gasteiger partial charge in [-0.3, -0.25) is 10.1 Å². The Morgan fingerprint density at radius 3 is 2.68 bits per heavy atom. The summed E-state index contributed by atoms with van der Waals surface area (Å²) < 4.78 is 0. The van der Waals surface area contributed by atoms with Crippen LogP contribution < -0.4 is 10.6 Å². The predicted molar refractivity (Wildman–Crippen MR) is 71.0 cm³/mol. The summed E-state index contributed by atoms with van der Waals surface area (Å²) in [4.78, 5) is 20.2. The highest BCUT2D eigenvalue weighted by Gasteiger charge is 2.09. The van der Waals surface area contributed by atoms with Crippen LogP contribution in [0.15, 0.2) is 18.3 Å². The maximum atomic E-state index is 12.0. The second-order valence-electron chi connectivity index (χ2n) is 3.94. The average Bonchev–Trinajstić information content (AvgIpc) is 2.43. The van der Waals surface area contributed by atoms with Crippen LogP contribution in [0.4, 0.5) is 11.8 Å². The standard InChI is InChI=1S/C12H14N6O/c1-7-8(2)17-18-12(15-7)16-11(19)9-4-5-14-10(6-9)13-3/h4-6H,1-3H3,(H,13,14)(H,15,16,18,19). The summed E-state index contributed by atoms with van der Waals surface area (Å²) in [5.41, 5.74) is 1.94. The van der Waals surface area contributed by atoms with Crippen molar-refractivity contribution >= 4 is 17.7 Å². The topological polar surface area (TPSA) is 92.7 Å². The van der Waals surface area contributed by atoms with E-state index in [9.17, 15) is 4.79 Å². The minimum atomic E-state index is -0.302. The molecule has 19 heavy (non-hydrogen) atoms. The Bertz CT molecular complexity index is 613. The van der Waals surface area contributed by atoms with E-state index in [1.165, 1.54) is 0 Å². The Morgan fingerprint density at radius 1 is 1.21 bits per heavy atom. The van der Waals surface area contributed by atoms with Gasteiger partial charge in [0, 0.05) is 18.8 Å². The maximum absolute atomic E-state index is 12.0. The van der Waals surface area contributed by atoms with Crippen LogP contribution in [0.25, 0.3) is 0 Å². The monoisotopic (exact) mass is 258 g/mol. The first kappa shape index (κ1) is 12.9. The van der Waals surface area contributed by atoms with Gasteiger partial charge in [-0.15, -0.1) is 5.10 Å². The fraction of sp³-hybridized carbons (Fsp3) is 0.250. The van der Waals surface area contributed by atoms with Gasteiger partial charge in [0.1, 0.15) is 5.82 Å². The molecule has 2 aromatic heterocycles. The summed E-state index contributed by atoms with van der Waals surface area (Å²) in [7, 11) is 1.74. The second-order valence-corrected chi connectivity index (χ2v) is 3.94. The fourth-order valence-corrected chi connectivity index (χ4v) is 1.39. The van der Waals surface area contributed by atoms with Gasteiger partial charge < -0.3 is 5.32 Å². The van der Waals surface area contributed by atoms with Gasteiger partial charge in [-0.05, 0) is 26.0 Å². The number of aromatic nitrogens is 4. The van der Waals surface area contributed by atoms with Crippen LogP contribution >= 0.6 is 0 Å². The number of hydrogen-bond acceptors (Lipinski definition) is 6. The Kier molecular flexibility index (Phi) is 3.65. The minimum Gasteiger partial charge on any atom is -0.373 e. The second kappa shape index (κ2) is 5.38. The molecule has 0 fully saturated rings. The first-order valence-electron chi connectivity index (χ1n) is 5.73. The molecule has 2 N–H and O–H groups in total. The molecule has 0 saturated heterocycles. The smallest absolute Gasteiger partial charge is 0.258 e. The van der Waals surface area contributed by atoms with Gasteiger partial charge in [0.25, 0.3) is 5.91 Å². The fourth-order valence-electron chi connectivity index (χ4n) is 1.39. The lowest BCUT2D eigenvalue weighted by Crippen LogP contribution is -2.16. The first-order chi connectivity index (χ1) is 9.10. The zero-order valence-corrected chi connectivity index (χ0v) is 10.9. The molecule has 0 radical (unpaired) electrons. The number of carbonyl (C=O) groups excluding carboxylic acids is 1. The van der Waals surface area contributed by atoms with Crippen molar-refractivity contribution in [2.24, 2.45) is 0 Å². The number of amides is 1. The van der Waals surface area contributed by atoms with Gasteiger partial charge in [0.2, 0.25) is 5.95 Å². The molecule has 0 aromatic carbocycles. The molecule has 7 nitrogen and oxygen atoms in total. The van der Waals surface area contributed by atoms with Crippen LogP contribution in [0.1, 0.15) is 21.7 Å². The molecular formula is C12H14N6O. The summed E-state index contributed by atoms with van der Waals surface area (Å²) >= 11 is 0. The van der Waals surface area contributed by atoms with Crippen molar-refractivity contribution in [2.75, 3.05) is 17.7 Å². The SMILES string of the molecule is CNc1cc(C(=O)Nc2nnc(C)c(C)n2)ccn1. The highest BCUT2D eigenvalue weighted by molar-refractivity contribution is 6.03. The summed E-state index contributed by atoms with van der Waals surface area (Å²) in [6.45, 7) is 3.62. The Balaban J connectivity index is 2.18.